The monoisotopic (exact) mass is 558 g/mol. The third kappa shape index (κ3) is 7.64. The number of para-hydroxylation sites is 2. The summed E-state index contributed by atoms with van der Waals surface area (Å²) in [4.78, 5) is 37.4. The molecule has 0 saturated carbocycles. The molecule has 7 nitrogen and oxygen atoms in total. The minimum absolute atomic E-state index is 0.150. The number of nitrogens with zero attached hydrogens (tertiary/aromatic N) is 1. The van der Waals surface area contributed by atoms with Gasteiger partial charge in [-0.15, -0.1) is 0 Å². The van der Waals surface area contributed by atoms with Gasteiger partial charge in [-0.25, -0.2) is 15.0 Å². The Labute approximate surface area is 234 Å². The van der Waals surface area contributed by atoms with Crippen LogP contribution in [0.15, 0.2) is 108 Å². The SMILES string of the molecule is O=C(C=Cc1ccccc1OC(=O)c1ccc(Cl)cc1Cl)Oc1ccccc1C=NNC(=O)c1ccccc1. The average molecular weight is 559 g/mol. The van der Waals surface area contributed by atoms with Gasteiger partial charge in [0.15, 0.2) is 0 Å². The van der Waals surface area contributed by atoms with E-state index in [1.807, 2.05) is 6.07 Å². The number of carbonyl (C=O) groups excluding carboxylic acids is 3. The first kappa shape index (κ1) is 27.3. The van der Waals surface area contributed by atoms with Crippen LogP contribution in [0.1, 0.15) is 31.8 Å². The van der Waals surface area contributed by atoms with Gasteiger partial charge < -0.3 is 9.47 Å². The van der Waals surface area contributed by atoms with Crippen molar-refractivity contribution in [1.29, 1.82) is 0 Å². The number of hydrogen-bond donors (Lipinski definition) is 1. The van der Waals surface area contributed by atoms with Gasteiger partial charge in [-0.2, -0.15) is 5.10 Å². The van der Waals surface area contributed by atoms with Crippen LogP contribution in [0.4, 0.5) is 0 Å². The fourth-order valence-corrected chi connectivity index (χ4v) is 3.80. The Morgan fingerprint density at radius 1 is 0.744 bits per heavy atom. The van der Waals surface area contributed by atoms with Crippen molar-refractivity contribution in [2.75, 3.05) is 0 Å². The Bertz CT molecular complexity index is 1570. The Hall–Kier alpha value is -4.72. The van der Waals surface area contributed by atoms with Crippen molar-refractivity contribution in [1.82, 2.24) is 5.43 Å². The number of halogens is 2. The first-order chi connectivity index (χ1) is 18.9. The molecule has 0 spiro atoms. The van der Waals surface area contributed by atoms with Gasteiger partial charge in [0, 0.05) is 27.8 Å². The van der Waals surface area contributed by atoms with Crippen LogP contribution in [-0.4, -0.2) is 24.1 Å². The van der Waals surface area contributed by atoms with Gasteiger partial charge in [0.25, 0.3) is 5.91 Å². The highest BCUT2D eigenvalue weighted by Gasteiger charge is 2.15. The van der Waals surface area contributed by atoms with E-state index in [1.165, 1.54) is 36.6 Å². The topological polar surface area (TPSA) is 94.1 Å². The standard InChI is InChI=1S/C30H20Cl2N2O5/c31-23-15-16-24(25(32)18-23)30(37)39-26-12-6-4-8-20(26)14-17-28(35)38-27-13-7-5-11-22(27)19-33-34-29(36)21-9-2-1-3-10-21/h1-19H,(H,34,36). The van der Waals surface area contributed by atoms with Gasteiger partial charge >= 0.3 is 11.9 Å². The number of nitrogens with one attached hydrogen (secondary N) is 1. The van der Waals surface area contributed by atoms with Crippen LogP contribution < -0.4 is 14.9 Å². The molecule has 1 N–H and O–H groups in total. The molecule has 194 valence electrons. The van der Waals surface area contributed by atoms with Crippen molar-refractivity contribution in [2.45, 2.75) is 0 Å². The molecule has 0 fully saturated rings. The molecule has 0 atom stereocenters. The zero-order chi connectivity index (χ0) is 27.6. The van der Waals surface area contributed by atoms with Crippen molar-refractivity contribution >= 4 is 53.3 Å². The number of amides is 1. The zero-order valence-electron chi connectivity index (χ0n) is 20.2. The highest BCUT2D eigenvalue weighted by atomic mass is 35.5. The molecule has 0 aliphatic rings. The number of hydrazone groups is 1. The molecule has 0 bridgehead atoms. The minimum atomic E-state index is -0.675. The van der Waals surface area contributed by atoms with Gasteiger partial charge in [-0.05, 0) is 54.6 Å². The second kappa shape index (κ2) is 13.2. The molecule has 39 heavy (non-hydrogen) atoms. The van der Waals surface area contributed by atoms with Crippen LogP contribution in [0.3, 0.4) is 0 Å². The molecular formula is C30H20Cl2N2O5. The number of benzene rings is 4. The maximum Gasteiger partial charge on any atom is 0.345 e. The molecule has 9 heteroatoms. The molecule has 1 amide bonds. The lowest BCUT2D eigenvalue weighted by Crippen LogP contribution is -2.17. The Kier molecular flexibility index (Phi) is 9.24. The molecule has 4 aromatic carbocycles. The van der Waals surface area contributed by atoms with Gasteiger partial charge in [0.05, 0.1) is 16.8 Å². The highest BCUT2D eigenvalue weighted by Crippen LogP contribution is 2.25. The van der Waals surface area contributed by atoms with E-state index >= 15 is 0 Å². The van der Waals surface area contributed by atoms with Crippen LogP contribution >= 0.6 is 23.2 Å². The molecule has 4 aromatic rings. The summed E-state index contributed by atoms with van der Waals surface area (Å²) in [5.41, 5.74) is 3.98. The molecule has 0 heterocycles. The number of ether oxygens (including phenoxy) is 2. The van der Waals surface area contributed by atoms with Crippen molar-refractivity contribution in [3.63, 3.8) is 0 Å². The number of carbonyl (C=O) groups is 3. The number of hydrogen-bond acceptors (Lipinski definition) is 6. The van der Waals surface area contributed by atoms with Crippen LogP contribution in [0.5, 0.6) is 11.5 Å². The quantitative estimate of drug-likeness (QED) is 0.0864. The first-order valence-corrected chi connectivity index (χ1v) is 12.3. The molecule has 4 rings (SSSR count). The third-order valence-electron chi connectivity index (χ3n) is 5.21. The predicted molar refractivity (Wildman–Crippen MR) is 150 cm³/mol. The third-order valence-corrected chi connectivity index (χ3v) is 5.75. The van der Waals surface area contributed by atoms with Crippen LogP contribution in [-0.2, 0) is 4.79 Å². The van der Waals surface area contributed by atoms with Crippen LogP contribution in [0.25, 0.3) is 6.08 Å². The molecule has 0 radical (unpaired) electrons. The van der Waals surface area contributed by atoms with Crippen LogP contribution in [0, 0.1) is 0 Å². The fourth-order valence-electron chi connectivity index (χ4n) is 3.32. The Balaban J connectivity index is 1.42. The second-order valence-electron chi connectivity index (χ2n) is 7.91. The normalized spacial score (nSPS) is 10.9. The molecule has 0 aromatic heterocycles. The highest BCUT2D eigenvalue weighted by molar-refractivity contribution is 6.36. The second-order valence-corrected chi connectivity index (χ2v) is 8.75. The average Bonchev–Trinajstić information content (AvgIpc) is 2.94. The lowest BCUT2D eigenvalue weighted by atomic mass is 10.2. The number of rotatable bonds is 8. The summed E-state index contributed by atoms with van der Waals surface area (Å²) >= 11 is 12.0. The molecule has 0 aliphatic carbocycles. The van der Waals surface area contributed by atoms with E-state index in [0.29, 0.717) is 21.7 Å². The van der Waals surface area contributed by atoms with Crippen molar-refractivity contribution < 1.29 is 23.9 Å². The largest absolute Gasteiger partial charge is 0.423 e. The van der Waals surface area contributed by atoms with E-state index < -0.39 is 11.9 Å². The smallest absolute Gasteiger partial charge is 0.345 e. The van der Waals surface area contributed by atoms with Crippen LogP contribution in [0.2, 0.25) is 10.0 Å². The van der Waals surface area contributed by atoms with Gasteiger partial charge in [-0.3, -0.25) is 4.79 Å². The molecule has 0 aliphatic heterocycles. The molecule has 0 saturated heterocycles. The van der Waals surface area contributed by atoms with E-state index in [-0.39, 0.29) is 28.0 Å². The fraction of sp³-hybridized carbons (Fsp3) is 0. The van der Waals surface area contributed by atoms with E-state index in [4.69, 9.17) is 32.7 Å². The van der Waals surface area contributed by atoms with E-state index in [1.54, 1.807) is 72.8 Å². The summed E-state index contributed by atoms with van der Waals surface area (Å²) in [6.07, 6.45) is 4.04. The summed E-state index contributed by atoms with van der Waals surface area (Å²) in [5, 5.41) is 4.51. The van der Waals surface area contributed by atoms with Crippen molar-refractivity contribution in [3.05, 3.63) is 135 Å². The molecule has 0 unspecified atom stereocenters. The summed E-state index contributed by atoms with van der Waals surface area (Å²) in [6, 6.07) is 26.5. The predicted octanol–water partition coefficient (Wildman–Crippen LogP) is 6.60. The first-order valence-electron chi connectivity index (χ1n) is 11.5. The number of esters is 2. The summed E-state index contributed by atoms with van der Waals surface area (Å²) in [6.45, 7) is 0. The van der Waals surface area contributed by atoms with Crippen molar-refractivity contribution in [3.8, 4) is 11.5 Å². The van der Waals surface area contributed by atoms with E-state index in [0.717, 1.165) is 0 Å². The molecular weight excluding hydrogens is 539 g/mol. The summed E-state index contributed by atoms with van der Waals surface area (Å²) in [5.74, 6) is -1.26. The van der Waals surface area contributed by atoms with E-state index in [9.17, 15) is 14.4 Å². The lowest BCUT2D eigenvalue weighted by Gasteiger charge is -2.09. The summed E-state index contributed by atoms with van der Waals surface area (Å²) in [7, 11) is 0. The van der Waals surface area contributed by atoms with Gasteiger partial charge in [0.2, 0.25) is 0 Å². The maximum absolute atomic E-state index is 12.6. The van der Waals surface area contributed by atoms with Gasteiger partial charge in [0.1, 0.15) is 11.5 Å². The van der Waals surface area contributed by atoms with Crippen molar-refractivity contribution in [2.24, 2.45) is 5.10 Å². The summed E-state index contributed by atoms with van der Waals surface area (Å²) < 4.78 is 11.0. The van der Waals surface area contributed by atoms with E-state index in [2.05, 4.69) is 10.5 Å². The Morgan fingerprint density at radius 2 is 1.38 bits per heavy atom. The lowest BCUT2D eigenvalue weighted by molar-refractivity contribution is -0.128. The van der Waals surface area contributed by atoms with Gasteiger partial charge in [-0.1, -0.05) is 71.7 Å². The minimum Gasteiger partial charge on any atom is -0.423 e. The Morgan fingerprint density at radius 3 is 2.10 bits per heavy atom. The zero-order valence-corrected chi connectivity index (χ0v) is 21.7. The maximum atomic E-state index is 12.6.